The Bertz CT molecular complexity index is 317. The van der Waals surface area contributed by atoms with Crippen molar-refractivity contribution in [2.75, 3.05) is 12.8 Å². The van der Waals surface area contributed by atoms with Crippen LogP contribution in [-0.2, 0) is 6.42 Å². The van der Waals surface area contributed by atoms with Gasteiger partial charge in [0, 0.05) is 12.1 Å². The van der Waals surface area contributed by atoms with E-state index in [9.17, 15) is 0 Å². The first kappa shape index (κ1) is 7.87. The molecule has 0 radical (unpaired) electrons. The number of hydrogen-bond acceptors (Lipinski definition) is 2. The second kappa shape index (κ2) is 3.31. The summed E-state index contributed by atoms with van der Waals surface area (Å²) in [5, 5.41) is 1.19. The zero-order valence-corrected chi connectivity index (χ0v) is 7.90. The van der Waals surface area contributed by atoms with Gasteiger partial charge in [0.2, 0.25) is 0 Å². The maximum absolute atomic E-state index is 4.47. The minimum atomic E-state index is 0.952. The number of thioether (sulfide) groups is 1. The Morgan fingerprint density at radius 3 is 3.00 bits per heavy atom. The van der Waals surface area contributed by atoms with Gasteiger partial charge >= 0.3 is 0 Å². The van der Waals surface area contributed by atoms with Crippen LogP contribution in [0.15, 0.2) is 29.3 Å². The lowest BCUT2D eigenvalue weighted by molar-refractivity contribution is 0.950. The summed E-state index contributed by atoms with van der Waals surface area (Å²) < 4.78 is 0. The van der Waals surface area contributed by atoms with Gasteiger partial charge in [0.05, 0.1) is 5.04 Å². The molecule has 2 rings (SSSR count). The van der Waals surface area contributed by atoms with E-state index in [1.165, 1.54) is 16.2 Å². The van der Waals surface area contributed by atoms with Crippen LogP contribution in [0.25, 0.3) is 0 Å². The Labute approximate surface area is 76.9 Å². The van der Waals surface area contributed by atoms with Crippen molar-refractivity contribution in [3.8, 4) is 0 Å². The Hall–Kier alpha value is -0.760. The van der Waals surface area contributed by atoms with Gasteiger partial charge in [-0.3, -0.25) is 4.99 Å². The molecule has 0 unspecified atom stereocenters. The molecule has 1 aromatic rings. The smallest absolute Gasteiger partial charge is 0.0977 e. The third-order valence-electron chi connectivity index (χ3n) is 2.08. The number of nitrogens with zero attached hydrogens (tertiary/aromatic N) is 1. The summed E-state index contributed by atoms with van der Waals surface area (Å²) in [6, 6.07) is 8.53. The highest BCUT2D eigenvalue weighted by Crippen LogP contribution is 2.20. The van der Waals surface area contributed by atoms with E-state index in [2.05, 4.69) is 35.5 Å². The molecule has 0 aromatic heterocycles. The second-order valence-electron chi connectivity index (χ2n) is 2.80. The van der Waals surface area contributed by atoms with E-state index in [1.54, 1.807) is 11.8 Å². The summed E-state index contributed by atoms with van der Waals surface area (Å²) >= 11 is 1.74. The molecule has 0 spiro atoms. The van der Waals surface area contributed by atoms with Crippen LogP contribution in [0, 0.1) is 0 Å². The molecule has 0 saturated heterocycles. The molecule has 0 bridgehead atoms. The van der Waals surface area contributed by atoms with Crippen molar-refractivity contribution >= 4 is 16.8 Å². The largest absolute Gasteiger partial charge is 0.277 e. The first-order chi connectivity index (χ1) is 5.92. The predicted octanol–water partition coefficient (Wildman–Crippen LogP) is 2.35. The lowest BCUT2D eigenvalue weighted by Gasteiger charge is -2.14. The average molecular weight is 177 g/mol. The predicted molar refractivity (Wildman–Crippen MR) is 55.1 cm³/mol. The molecule has 1 aliphatic rings. The van der Waals surface area contributed by atoms with E-state index in [4.69, 9.17) is 0 Å². The fourth-order valence-corrected chi connectivity index (χ4v) is 2.12. The first-order valence-electron chi connectivity index (χ1n) is 4.08. The summed E-state index contributed by atoms with van der Waals surface area (Å²) in [5.41, 5.74) is 2.77. The molecule has 1 aliphatic heterocycles. The number of hydrogen-bond donors (Lipinski definition) is 0. The van der Waals surface area contributed by atoms with Gasteiger partial charge in [-0.15, -0.1) is 11.8 Å². The molecule has 62 valence electrons. The molecule has 1 heterocycles. The summed E-state index contributed by atoms with van der Waals surface area (Å²) in [5.74, 6) is 0. The first-order valence-corrected chi connectivity index (χ1v) is 5.31. The normalized spacial score (nSPS) is 15.2. The molecule has 1 aromatic carbocycles. The highest BCUT2D eigenvalue weighted by Gasteiger charge is 2.11. The number of aliphatic imine (C=N–C) groups is 1. The van der Waals surface area contributed by atoms with Crippen LogP contribution in [0.3, 0.4) is 0 Å². The lowest BCUT2D eigenvalue weighted by Crippen LogP contribution is -2.09. The molecule has 12 heavy (non-hydrogen) atoms. The Morgan fingerprint density at radius 1 is 1.33 bits per heavy atom. The highest BCUT2D eigenvalue weighted by molar-refractivity contribution is 8.13. The van der Waals surface area contributed by atoms with Gasteiger partial charge in [-0.25, -0.2) is 0 Å². The van der Waals surface area contributed by atoms with Crippen molar-refractivity contribution in [1.29, 1.82) is 0 Å². The molecule has 0 N–H and O–H groups in total. The van der Waals surface area contributed by atoms with Crippen LogP contribution in [0.2, 0.25) is 0 Å². The molecular weight excluding hydrogens is 166 g/mol. The van der Waals surface area contributed by atoms with Crippen molar-refractivity contribution in [1.82, 2.24) is 0 Å². The molecular formula is C10H11NS. The fourth-order valence-electron chi connectivity index (χ4n) is 1.48. The summed E-state index contributed by atoms with van der Waals surface area (Å²) in [4.78, 5) is 4.47. The molecule has 0 fully saturated rings. The fraction of sp³-hybridized carbons (Fsp3) is 0.300. The quantitative estimate of drug-likeness (QED) is 0.592. The van der Waals surface area contributed by atoms with Crippen LogP contribution in [0.1, 0.15) is 11.1 Å². The minimum Gasteiger partial charge on any atom is -0.277 e. The van der Waals surface area contributed by atoms with Crippen molar-refractivity contribution < 1.29 is 0 Å². The maximum Gasteiger partial charge on any atom is 0.0977 e. The summed E-state index contributed by atoms with van der Waals surface area (Å²) in [7, 11) is 0. The molecule has 2 heteroatoms. The van der Waals surface area contributed by atoms with Gasteiger partial charge in [0.25, 0.3) is 0 Å². The van der Waals surface area contributed by atoms with Gasteiger partial charge in [-0.1, -0.05) is 24.3 Å². The SMILES string of the molecule is CSC1=NCCc2ccccc21. The Morgan fingerprint density at radius 2 is 2.17 bits per heavy atom. The lowest BCUT2D eigenvalue weighted by atomic mass is 10.0. The van der Waals surface area contributed by atoms with Gasteiger partial charge in [-0.05, 0) is 18.2 Å². The molecule has 0 aliphatic carbocycles. The maximum atomic E-state index is 4.47. The number of fused-ring (bicyclic) bond motifs is 1. The zero-order chi connectivity index (χ0) is 8.39. The van der Waals surface area contributed by atoms with Gasteiger partial charge < -0.3 is 0 Å². The molecule has 0 atom stereocenters. The van der Waals surface area contributed by atoms with Gasteiger partial charge in [-0.2, -0.15) is 0 Å². The topological polar surface area (TPSA) is 12.4 Å². The Kier molecular flexibility index (Phi) is 2.17. The van der Waals surface area contributed by atoms with E-state index in [1.807, 2.05) is 0 Å². The second-order valence-corrected chi connectivity index (χ2v) is 3.59. The van der Waals surface area contributed by atoms with E-state index < -0.39 is 0 Å². The molecule has 0 amide bonds. The van der Waals surface area contributed by atoms with E-state index in [0.29, 0.717) is 0 Å². The third kappa shape index (κ3) is 1.27. The molecule has 0 saturated carbocycles. The monoisotopic (exact) mass is 177 g/mol. The van der Waals surface area contributed by atoms with Crippen LogP contribution in [0.5, 0.6) is 0 Å². The van der Waals surface area contributed by atoms with Crippen LogP contribution >= 0.6 is 11.8 Å². The zero-order valence-electron chi connectivity index (χ0n) is 7.08. The number of rotatable bonds is 0. The van der Waals surface area contributed by atoms with Crippen molar-refractivity contribution in [3.63, 3.8) is 0 Å². The van der Waals surface area contributed by atoms with Crippen molar-refractivity contribution in [3.05, 3.63) is 35.4 Å². The van der Waals surface area contributed by atoms with E-state index >= 15 is 0 Å². The van der Waals surface area contributed by atoms with E-state index in [0.717, 1.165) is 13.0 Å². The number of benzene rings is 1. The van der Waals surface area contributed by atoms with Crippen LogP contribution < -0.4 is 0 Å². The minimum absolute atomic E-state index is 0.952. The van der Waals surface area contributed by atoms with Crippen LogP contribution in [-0.4, -0.2) is 17.8 Å². The Balaban J connectivity index is 2.48. The standard InChI is InChI=1S/C10H11NS/c1-12-10-9-5-3-2-4-8(9)6-7-11-10/h2-5H,6-7H2,1H3. The molecule has 1 nitrogen and oxygen atoms in total. The summed E-state index contributed by atoms with van der Waals surface area (Å²) in [6.07, 6.45) is 3.18. The third-order valence-corrected chi connectivity index (χ3v) is 2.81. The van der Waals surface area contributed by atoms with Gasteiger partial charge in [0.15, 0.2) is 0 Å². The average Bonchev–Trinajstić information content (AvgIpc) is 2.17. The van der Waals surface area contributed by atoms with E-state index in [-0.39, 0.29) is 0 Å². The van der Waals surface area contributed by atoms with Crippen molar-refractivity contribution in [2.24, 2.45) is 4.99 Å². The summed E-state index contributed by atoms with van der Waals surface area (Å²) in [6.45, 7) is 0.952. The van der Waals surface area contributed by atoms with Crippen molar-refractivity contribution in [2.45, 2.75) is 6.42 Å². The highest BCUT2D eigenvalue weighted by atomic mass is 32.2. The van der Waals surface area contributed by atoms with Gasteiger partial charge in [0.1, 0.15) is 0 Å². The van der Waals surface area contributed by atoms with Crippen LogP contribution in [0.4, 0.5) is 0 Å².